The van der Waals surface area contributed by atoms with Gasteiger partial charge in [-0.05, 0) is 31.7 Å². The Morgan fingerprint density at radius 2 is 2.19 bits per heavy atom. The van der Waals surface area contributed by atoms with Gasteiger partial charge in [-0.1, -0.05) is 35.0 Å². The quantitative estimate of drug-likeness (QED) is 0.942. The summed E-state index contributed by atoms with van der Waals surface area (Å²) in [7, 11) is 0. The molecule has 21 heavy (non-hydrogen) atoms. The number of likely N-dealkylation sites (tertiary alicyclic amines) is 1. The van der Waals surface area contributed by atoms with Gasteiger partial charge in [0.25, 0.3) is 0 Å². The molecule has 1 N–H and O–H groups in total. The minimum Gasteiger partial charge on any atom is -0.363 e. The van der Waals surface area contributed by atoms with Gasteiger partial charge < -0.3 is 9.42 Å². The number of carbonyl (C=O) groups excluding carboxylic acids is 1. The van der Waals surface area contributed by atoms with Crippen LogP contribution in [0.15, 0.2) is 41.1 Å². The van der Waals surface area contributed by atoms with Crippen LogP contribution in [-0.2, 0) is 6.42 Å². The zero-order chi connectivity index (χ0) is 14.7. The lowest BCUT2D eigenvalue weighted by Crippen LogP contribution is -2.39. The number of aromatic nitrogens is 1. The van der Waals surface area contributed by atoms with Gasteiger partial charge in [-0.15, -0.1) is 0 Å². The third kappa shape index (κ3) is 3.24. The molecule has 1 aromatic heterocycles. The highest BCUT2D eigenvalue weighted by Crippen LogP contribution is 2.22. The van der Waals surface area contributed by atoms with E-state index in [1.165, 1.54) is 17.4 Å². The van der Waals surface area contributed by atoms with Crippen LogP contribution >= 0.6 is 0 Å². The van der Waals surface area contributed by atoms with E-state index in [0.717, 1.165) is 25.8 Å². The topological polar surface area (TPSA) is 58.4 Å². The summed E-state index contributed by atoms with van der Waals surface area (Å²) in [4.78, 5) is 14.2. The van der Waals surface area contributed by atoms with E-state index in [0.29, 0.717) is 5.82 Å². The number of rotatable bonds is 3. The summed E-state index contributed by atoms with van der Waals surface area (Å²) >= 11 is 0. The molecule has 1 fully saturated rings. The van der Waals surface area contributed by atoms with Crippen molar-refractivity contribution in [2.75, 3.05) is 11.9 Å². The number of carbonyl (C=O) groups is 1. The van der Waals surface area contributed by atoms with Crippen molar-refractivity contribution in [3.05, 3.63) is 47.7 Å². The predicted molar refractivity (Wildman–Crippen MR) is 80.1 cm³/mol. The van der Waals surface area contributed by atoms with Crippen LogP contribution in [-0.4, -0.2) is 28.7 Å². The monoisotopic (exact) mass is 285 g/mol. The molecule has 1 aromatic carbocycles. The largest absolute Gasteiger partial charge is 0.363 e. The van der Waals surface area contributed by atoms with Crippen LogP contribution in [0.4, 0.5) is 10.6 Å². The first-order chi connectivity index (χ1) is 10.2. The highest BCUT2D eigenvalue weighted by Gasteiger charge is 2.29. The van der Waals surface area contributed by atoms with E-state index in [-0.39, 0.29) is 12.1 Å². The summed E-state index contributed by atoms with van der Waals surface area (Å²) < 4.78 is 4.73. The van der Waals surface area contributed by atoms with Gasteiger partial charge in [-0.3, -0.25) is 5.32 Å². The van der Waals surface area contributed by atoms with Gasteiger partial charge in [0.15, 0.2) is 5.82 Å². The fourth-order valence-corrected chi connectivity index (χ4v) is 2.77. The van der Waals surface area contributed by atoms with Crippen LogP contribution < -0.4 is 5.32 Å². The molecular weight excluding hydrogens is 266 g/mol. The van der Waals surface area contributed by atoms with E-state index in [1.54, 1.807) is 6.07 Å². The molecule has 3 rings (SSSR count). The molecule has 0 radical (unpaired) electrons. The highest BCUT2D eigenvalue weighted by molar-refractivity contribution is 5.88. The minimum absolute atomic E-state index is 0.0986. The zero-order valence-electron chi connectivity index (χ0n) is 12.1. The summed E-state index contributed by atoms with van der Waals surface area (Å²) in [6.07, 6.45) is 4.43. The van der Waals surface area contributed by atoms with E-state index >= 15 is 0 Å². The maximum absolute atomic E-state index is 12.3. The normalized spacial score (nSPS) is 18.0. The van der Waals surface area contributed by atoms with E-state index in [4.69, 9.17) is 4.52 Å². The lowest BCUT2D eigenvalue weighted by molar-refractivity contribution is 0.206. The van der Waals surface area contributed by atoms with Crippen LogP contribution in [0.2, 0.25) is 0 Å². The van der Waals surface area contributed by atoms with Gasteiger partial charge in [0.2, 0.25) is 0 Å². The number of urea groups is 1. The molecule has 1 aliphatic rings. The van der Waals surface area contributed by atoms with Gasteiger partial charge >= 0.3 is 6.03 Å². The number of anilines is 1. The lowest BCUT2D eigenvalue weighted by Gasteiger charge is -2.24. The minimum atomic E-state index is -0.0986. The second-order valence-electron chi connectivity index (χ2n) is 5.49. The molecule has 2 aromatic rings. The number of nitrogens with one attached hydrogen (secondary N) is 1. The number of amides is 2. The maximum Gasteiger partial charge on any atom is 0.323 e. The molecule has 110 valence electrons. The molecule has 0 spiro atoms. The first kappa shape index (κ1) is 13.7. The molecule has 0 unspecified atom stereocenters. The Morgan fingerprint density at radius 3 is 2.90 bits per heavy atom. The average Bonchev–Trinajstić information content (AvgIpc) is 3.13. The molecule has 0 saturated carbocycles. The van der Waals surface area contributed by atoms with Gasteiger partial charge in [0.05, 0.1) is 0 Å². The van der Waals surface area contributed by atoms with Crippen molar-refractivity contribution in [3.63, 3.8) is 0 Å². The summed E-state index contributed by atoms with van der Waals surface area (Å²) in [5, 5.41) is 6.48. The molecule has 0 bridgehead atoms. The maximum atomic E-state index is 12.3. The Labute approximate surface area is 123 Å². The third-order valence-corrected chi connectivity index (χ3v) is 3.90. The Morgan fingerprint density at radius 1 is 1.38 bits per heavy atom. The van der Waals surface area contributed by atoms with E-state index in [9.17, 15) is 4.79 Å². The van der Waals surface area contributed by atoms with Crippen molar-refractivity contribution in [2.45, 2.75) is 32.2 Å². The number of benzene rings is 1. The van der Waals surface area contributed by atoms with Crippen LogP contribution in [0.3, 0.4) is 0 Å². The molecular formula is C16H19N3O2. The van der Waals surface area contributed by atoms with Crippen molar-refractivity contribution in [3.8, 4) is 0 Å². The van der Waals surface area contributed by atoms with Crippen LogP contribution in [0.25, 0.3) is 0 Å². The smallest absolute Gasteiger partial charge is 0.323 e. The molecule has 0 aliphatic carbocycles. The zero-order valence-corrected chi connectivity index (χ0v) is 12.1. The third-order valence-electron chi connectivity index (χ3n) is 3.90. The highest BCUT2D eigenvalue weighted by atomic mass is 16.5. The Balaban J connectivity index is 1.64. The fourth-order valence-electron chi connectivity index (χ4n) is 2.77. The second kappa shape index (κ2) is 5.99. The van der Waals surface area contributed by atoms with Crippen molar-refractivity contribution >= 4 is 11.8 Å². The van der Waals surface area contributed by atoms with Gasteiger partial charge in [-0.25, -0.2) is 4.79 Å². The first-order valence-corrected chi connectivity index (χ1v) is 7.26. The number of hydrogen-bond donors (Lipinski definition) is 1. The van der Waals surface area contributed by atoms with Crippen LogP contribution in [0.5, 0.6) is 0 Å². The number of nitrogens with zero attached hydrogens (tertiary/aromatic N) is 2. The summed E-state index contributed by atoms with van der Waals surface area (Å²) in [5.74, 6) is 0.459. The van der Waals surface area contributed by atoms with Gasteiger partial charge in [0.1, 0.15) is 6.26 Å². The van der Waals surface area contributed by atoms with Crippen molar-refractivity contribution in [1.29, 1.82) is 0 Å². The molecule has 1 atom stereocenters. The molecule has 2 heterocycles. The number of aryl methyl sites for hydroxylation is 1. The Kier molecular flexibility index (Phi) is 3.90. The summed E-state index contributed by atoms with van der Waals surface area (Å²) in [5.41, 5.74) is 2.53. The van der Waals surface area contributed by atoms with E-state index < -0.39 is 0 Å². The predicted octanol–water partition coefficient (Wildman–Crippen LogP) is 3.22. The molecule has 2 amide bonds. The van der Waals surface area contributed by atoms with Crippen molar-refractivity contribution in [2.24, 2.45) is 0 Å². The summed E-state index contributed by atoms with van der Waals surface area (Å²) in [6.45, 7) is 2.87. The SMILES string of the molecule is Cc1ccc(C[C@H]2CCCN2C(=O)Nc2ccon2)cc1. The van der Waals surface area contributed by atoms with E-state index in [1.807, 2.05) is 4.90 Å². The molecule has 1 aliphatic heterocycles. The standard InChI is InChI=1S/C16H19N3O2/c1-12-4-6-13(7-5-12)11-14-3-2-9-19(14)16(20)17-15-8-10-21-18-15/h4-8,10,14H,2-3,9,11H2,1H3,(H,17,18,20)/t14-/m1/s1. The average molecular weight is 285 g/mol. The molecule has 5 heteroatoms. The van der Waals surface area contributed by atoms with Gasteiger partial charge in [-0.2, -0.15) is 0 Å². The number of hydrogen-bond acceptors (Lipinski definition) is 3. The first-order valence-electron chi connectivity index (χ1n) is 7.26. The fraction of sp³-hybridized carbons (Fsp3) is 0.375. The van der Waals surface area contributed by atoms with Crippen LogP contribution in [0.1, 0.15) is 24.0 Å². The second-order valence-corrected chi connectivity index (χ2v) is 5.49. The molecule has 5 nitrogen and oxygen atoms in total. The Hall–Kier alpha value is -2.30. The summed E-state index contributed by atoms with van der Waals surface area (Å²) in [6, 6.07) is 10.3. The van der Waals surface area contributed by atoms with Crippen molar-refractivity contribution in [1.82, 2.24) is 10.1 Å². The van der Waals surface area contributed by atoms with Crippen molar-refractivity contribution < 1.29 is 9.32 Å². The van der Waals surface area contributed by atoms with Gasteiger partial charge in [0, 0.05) is 18.7 Å². The van der Waals surface area contributed by atoms with Crippen LogP contribution in [0, 0.1) is 6.92 Å². The Bertz CT molecular complexity index is 592. The lowest BCUT2D eigenvalue weighted by atomic mass is 10.0. The molecule has 1 saturated heterocycles. The van der Waals surface area contributed by atoms with E-state index in [2.05, 4.69) is 41.7 Å².